The maximum absolute atomic E-state index is 13.0. The first-order valence-electron chi connectivity index (χ1n) is 9.08. The van der Waals surface area contributed by atoms with Gasteiger partial charge in [-0.2, -0.15) is 0 Å². The van der Waals surface area contributed by atoms with Crippen molar-refractivity contribution in [1.29, 1.82) is 0 Å². The van der Waals surface area contributed by atoms with Crippen molar-refractivity contribution in [2.45, 2.75) is 6.54 Å². The Kier molecular flexibility index (Phi) is 5.54. The number of rotatable bonds is 5. The van der Waals surface area contributed by atoms with Crippen LogP contribution in [0.1, 0.15) is 15.9 Å². The molecule has 0 aliphatic rings. The van der Waals surface area contributed by atoms with Gasteiger partial charge in [-0.05, 0) is 23.8 Å². The van der Waals surface area contributed by atoms with Crippen LogP contribution < -0.4 is 5.32 Å². The van der Waals surface area contributed by atoms with Gasteiger partial charge >= 0.3 is 0 Å². The fraction of sp³-hybridized carbons (Fsp3) is 0.0455. The molecule has 9 heteroatoms. The summed E-state index contributed by atoms with van der Waals surface area (Å²) in [6, 6.07) is 11.3. The normalized spacial score (nSPS) is 10.9. The molecular formula is C22H15Cl2N3O4. The number of hydrogen-bond acceptors (Lipinski definition) is 5. The van der Waals surface area contributed by atoms with Crippen molar-refractivity contribution in [3.8, 4) is 11.5 Å². The zero-order valence-corrected chi connectivity index (χ0v) is 17.4. The summed E-state index contributed by atoms with van der Waals surface area (Å²) in [6.45, 7) is 0.311. The van der Waals surface area contributed by atoms with E-state index in [1.54, 1.807) is 41.0 Å². The summed E-state index contributed by atoms with van der Waals surface area (Å²) in [5, 5.41) is 22.9. The molecule has 1 amide bonds. The van der Waals surface area contributed by atoms with Crippen molar-refractivity contribution in [3.05, 3.63) is 82.2 Å². The van der Waals surface area contributed by atoms with Crippen molar-refractivity contribution in [2.24, 2.45) is 0 Å². The van der Waals surface area contributed by atoms with Gasteiger partial charge in [-0.3, -0.25) is 14.6 Å². The second-order valence-corrected chi connectivity index (χ2v) is 7.59. The number of ketones is 1. The molecule has 4 aromatic rings. The summed E-state index contributed by atoms with van der Waals surface area (Å²) in [6.07, 6.45) is 4.11. The number of amides is 1. The Balaban J connectivity index is 1.72. The van der Waals surface area contributed by atoms with Crippen molar-refractivity contribution >= 4 is 51.5 Å². The van der Waals surface area contributed by atoms with E-state index >= 15 is 0 Å². The average molecular weight is 456 g/mol. The number of hydrogen-bond donors (Lipinski definition) is 3. The number of carbonyl (C=O) groups is 2. The van der Waals surface area contributed by atoms with Crippen LogP contribution in [-0.2, 0) is 11.3 Å². The lowest BCUT2D eigenvalue weighted by Crippen LogP contribution is -2.23. The lowest BCUT2D eigenvalue weighted by molar-refractivity contribution is -0.112. The molecule has 0 saturated heterocycles. The van der Waals surface area contributed by atoms with Gasteiger partial charge in [-0.1, -0.05) is 47.5 Å². The summed E-state index contributed by atoms with van der Waals surface area (Å²) < 4.78 is 1.67. The highest BCUT2D eigenvalue weighted by Gasteiger charge is 2.24. The number of Topliss-reactive ketones (excluding diaryl/α,β-unsaturated/α-hetero) is 1. The Morgan fingerprint density at radius 3 is 2.35 bits per heavy atom. The molecule has 0 atom stereocenters. The summed E-state index contributed by atoms with van der Waals surface area (Å²) in [7, 11) is 0. The Bertz CT molecular complexity index is 1300. The second-order valence-electron chi connectivity index (χ2n) is 6.77. The molecule has 3 N–H and O–H groups in total. The van der Waals surface area contributed by atoms with E-state index in [4.69, 9.17) is 23.2 Å². The Labute approximate surface area is 186 Å². The van der Waals surface area contributed by atoms with E-state index in [0.29, 0.717) is 17.4 Å². The molecule has 0 fully saturated rings. The van der Waals surface area contributed by atoms with Crippen molar-refractivity contribution < 1.29 is 19.8 Å². The number of benzene rings is 2. The van der Waals surface area contributed by atoms with E-state index in [1.807, 2.05) is 0 Å². The molecule has 2 aromatic heterocycles. The third-order valence-corrected chi connectivity index (χ3v) is 5.28. The lowest BCUT2D eigenvalue weighted by Gasteiger charge is -2.07. The van der Waals surface area contributed by atoms with Gasteiger partial charge in [-0.15, -0.1) is 0 Å². The summed E-state index contributed by atoms with van der Waals surface area (Å²) in [5.41, 5.74) is 1.44. The number of aromatic nitrogens is 2. The van der Waals surface area contributed by atoms with Crippen LogP contribution in [0.3, 0.4) is 0 Å². The van der Waals surface area contributed by atoms with Crippen molar-refractivity contribution in [2.75, 3.05) is 5.32 Å². The van der Waals surface area contributed by atoms with Gasteiger partial charge in [0.1, 0.15) is 11.5 Å². The predicted molar refractivity (Wildman–Crippen MR) is 118 cm³/mol. The second kappa shape index (κ2) is 8.29. The van der Waals surface area contributed by atoms with E-state index in [1.165, 1.54) is 24.7 Å². The van der Waals surface area contributed by atoms with Crippen molar-refractivity contribution in [3.63, 3.8) is 0 Å². The lowest BCUT2D eigenvalue weighted by atomic mass is 10.1. The van der Waals surface area contributed by atoms with Gasteiger partial charge < -0.3 is 20.1 Å². The molecule has 2 heterocycles. The molecule has 0 aliphatic carbocycles. The van der Waals surface area contributed by atoms with Crippen LogP contribution in [0.4, 0.5) is 5.69 Å². The highest BCUT2D eigenvalue weighted by atomic mass is 35.5. The van der Waals surface area contributed by atoms with Gasteiger partial charge in [0.25, 0.3) is 11.7 Å². The number of carbonyl (C=O) groups excluding carboxylic acids is 2. The third kappa shape index (κ3) is 4.05. The smallest absolute Gasteiger partial charge is 0.296 e. The maximum atomic E-state index is 13.0. The fourth-order valence-corrected chi connectivity index (χ4v) is 3.73. The number of halogens is 2. The first-order chi connectivity index (χ1) is 14.8. The number of pyridine rings is 1. The fourth-order valence-electron chi connectivity index (χ4n) is 3.27. The minimum atomic E-state index is -0.929. The first kappa shape index (κ1) is 20.7. The predicted octanol–water partition coefficient (Wildman–Crippen LogP) is 4.62. The Morgan fingerprint density at radius 1 is 1.00 bits per heavy atom. The summed E-state index contributed by atoms with van der Waals surface area (Å²) in [5.74, 6) is -1.65. The molecule has 7 nitrogen and oxygen atoms in total. The number of aromatic hydroxyl groups is 2. The minimum Gasteiger partial charge on any atom is -0.508 e. The number of para-hydroxylation sites is 1. The molecule has 4 rings (SSSR count). The Morgan fingerprint density at radius 2 is 1.68 bits per heavy atom. The van der Waals surface area contributed by atoms with Gasteiger partial charge in [-0.25, -0.2) is 0 Å². The first-order valence-corrected chi connectivity index (χ1v) is 9.84. The minimum absolute atomic E-state index is 0.0315. The number of nitrogens with zero attached hydrogens (tertiary/aromatic N) is 2. The largest absolute Gasteiger partial charge is 0.508 e. The third-order valence-electron chi connectivity index (χ3n) is 4.71. The molecule has 0 radical (unpaired) electrons. The SMILES string of the molecule is O=C(Nc1c(Cl)cncc1Cl)C(=O)c1cn(Cc2ccc(O)cc2)c2c(O)cccc12. The quantitative estimate of drug-likeness (QED) is 0.300. The van der Waals surface area contributed by atoms with Crippen LogP contribution in [0.2, 0.25) is 10.0 Å². The van der Waals surface area contributed by atoms with Crippen LogP contribution in [0.25, 0.3) is 10.9 Å². The molecular weight excluding hydrogens is 441 g/mol. The number of phenols is 2. The number of fused-ring (bicyclic) bond motifs is 1. The summed E-state index contributed by atoms with van der Waals surface area (Å²) >= 11 is 12.0. The van der Waals surface area contributed by atoms with Gasteiger partial charge in [0.15, 0.2) is 0 Å². The van der Waals surface area contributed by atoms with Crippen LogP contribution in [-0.4, -0.2) is 31.5 Å². The molecule has 0 bridgehead atoms. The Hall–Kier alpha value is -3.55. The van der Waals surface area contributed by atoms with E-state index < -0.39 is 11.7 Å². The molecule has 31 heavy (non-hydrogen) atoms. The number of nitrogens with one attached hydrogen (secondary N) is 1. The molecule has 0 spiro atoms. The highest BCUT2D eigenvalue weighted by molar-refractivity contribution is 6.50. The number of anilines is 1. The van der Waals surface area contributed by atoms with E-state index in [-0.39, 0.29) is 32.8 Å². The summed E-state index contributed by atoms with van der Waals surface area (Å²) in [4.78, 5) is 29.4. The van der Waals surface area contributed by atoms with Crippen LogP contribution >= 0.6 is 23.2 Å². The topological polar surface area (TPSA) is 104 Å². The van der Waals surface area contributed by atoms with Crippen LogP contribution in [0, 0.1) is 0 Å². The van der Waals surface area contributed by atoms with Gasteiger partial charge in [0.2, 0.25) is 0 Å². The standard InChI is InChI=1S/C22H15Cl2N3O4/c23-16-8-25-9-17(24)19(16)26-22(31)21(30)15-11-27(10-12-4-6-13(28)7-5-12)20-14(15)2-1-3-18(20)29/h1-9,11,28-29H,10H2,(H,25,26,31). The highest BCUT2D eigenvalue weighted by Crippen LogP contribution is 2.32. The van der Waals surface area contributed by atoms with Crippen LogP contribution in [0.15, 0.2) is 61.1 Å². The monoisotopic (exact) mass is 455 g/mol. The van der Waals surface area contributed by atoms with E-state index in [9.17, 15) is 19.8 Å². The molecule has 2 aromatic carbocycles. The van der Waals surface area contributed by atoms with E-state index in [2.05, 4.69) is 10.3 Å². The molecule has 0 saturated carbocycles. The van der Waals surface area contributed by atoms with Crippen molar-refractivity contribution in [1.82, 2.24) is 9.55 Å². The van der Waals surface area contributed by atoms with E-state index in [0.717, 1.165) is 5.56 Å². The average Bonchev–Trinajstić information content (AvgIpc) is 3.11. The number of phenolic OH excluding ortho intramolecular Hbond substituents is 2. The van der Waals surface area contributed by atoms with Gasteiger partial charge in [0.05, 0.1) is 26.8 Å². The van der Waals surface area contributed by atoms with Crippen LogP contribution in [0.5, 0.6) is 11.5 Å². The maximum Gasteiger partial charge on any atom is 0.296 e. The van der Waals surface area contributed by atoms with Gasteiger partial charge in [0, 0.05) is 30.5 Å². The zero-order chi connectivity index (χ0) is 22.1. The molecule has 156 valence electrons. The molecule has 0 unspecified atom stereocenters. The molecule has 0 aliphatic heterocycles. The zero-order valence-electron chi connectivity index (χ0n) is 15.8.